The molecule has 12 N–H and O–H groups in total. The molecule has 0 bridgehead atoms. The molecule has 17 heteroatoms. The minimum atomic E-state index is -1.31. The molecule has 56 heavy (non-hydrogen) atoms. The van der Waals surface area contributed by atoms with E-state index in [0.717, 1.165) is 47.7 Å². The zero-order valence-electron chi connectivity index (χ0n) is 33.3. The van der Waals surface area contributed by atoms with Gasteiger partial charge in [-0.2, -0.15) is 0 Å². The van der Waals surface area contributed by atoms with Gasteiger partial charge in [0.15, 0.2) is 0 Å². The normalized spacial score (nSPS) is 13.4. The molecule has 0 aliphatic rings. The standard InChI is InChI=1S/C39H65N9O8/c1-4-5-6-7-9-29(40)25-42-16-14-31(44-21-19-41-18-20-43-27(3)49)38(54)48-34(23-28-24-46-33-22-26(2)12-13-30(28)33)37(53)45-17-15-32(39(55)56)47-35(50)10-8-11-36(51)52/h12-13,22,24,29,31-32,34,41-42,44,46H,4-11,14-21,23,25,40H2,1-3H3,(H,43,49)(H,45,53)(H,47,50)(H,48,54)(H,51,52)(H,55,56). The number of nitrogens with two attached hydrogens (primary N) is 1. The fourth-order valence-electron chi connectivity index (χ4n) is 6.14. The number of aryl methyl sites for hydroxylation is 1. The number of aromatic nitrogens is 1. The summed E-state index contributed by atoms with van der Waals surface area (Å²) < 4.78 is 0. The second-order valence-corrected chi connectivity index (χ2v) is 14.3. The Hall–Kier alpha value is -4.58. The number of nitrogens with one attached hydrogen (secondary N) is 8. The van der Waals surface area contributed by atoms with E-state index in [9.17, 15) is 33.9 Å². The van der Waals surface area contributed by atoms with Gasteiger partial charge < -0.3 is 58.1 Å². The number of carbonyl (C=O) groups excluding carboxylic acids is 4. The molecule has 314 valence electrons. The average molecular weight is 788 g/mol. The highest BCUT2D eigenvalue weighted by Gasteiger charge is 2.27. The Morgan fingerprint density at radius 2 is 1.52 bits per heavy atom. The third-order valence-corrected chi connectivity index (χ3v) is 9.27. The number of hydrogen-bond donors (Lipinski definition) is 11. The second kappa shape index (κ2) is 27.1. The maximum atomic E-state index is 13.9. The van der Waals surface area contributed by atoms with Gasteiger partial charge in [0.25, 0.3) is 0 Å². The van der Waals surface area contributed by atoms with Gasteiger partial charge in [0, 0.05) is 88.6 Å². The van der Waals surface area contributed by atoms with Crippen LogP contribution in [0, 0.1) is 6.92 Å². The van der Waals surface area contributed by atoms with Crippen LogP contribution in [0.3, 0.4) is 0 Å². The van der Waals surface area contributed by atoms with Gasteiger partial charge in [-0.15, -0.1) is 0 Å². The maximum Gasteiger partial charge on any atom is 0.326 e. The van der Waals surface area contributed by atoms with Crippen LogP contribution in [0.15, 0.2) is 24.4 Å². The lowest BCUT2D eigenvalue weighted by molar-refractivity contribution is -0.142. The number of H-pyrrole nitrogens is 1. The molecule has 0 saturated carbocycles. The van der Waals surface area contributed by atoms with E-state index in [1.54, 1.807) is 6.20 Å². The molecule has 1 heterocycles. The van der Waals surface area contributed by atoms with Crippen LogP contribution in [0.1, 0.15) is 89.2 Å². The summed E-state index contributed by atoms with van der Waals surface area (Å²) in [5, 5.41) is 40.1. The van der Waals surface area contributed by atoms with Crippen LogP contribution in [-0.4, -0.2) is 121 Å². The first-order valence-electron chi connectivity index (χ1n) is 19.8. The third-order valence-electron chi connectivity index (χ3n) is 9.27. The molecule has 4 amide bonds. The van der Waals surface area contributed by atoms with Crippen LogP contribution < -0.4 is 43.0 Å². The third kappa shape index (κ3) is 19.8. The SMILES string of the molecule is CCCCCCC(N)CNCCC(NCCNCCNC(C)=O)C(=O)NC(Cc1c[nH]c2cc(C)ccc12)C(=O)NCCC(NC(=O)CCCC(=O)O)C(=O)O. The Morgan fingerprint density at radius 1 is 0.768 bits per heavy atom. The Kier molecular flexibility index (Phi) is 23.0. The Balaban J connectivity index is 2.15. The van der Waals surface area contributed by atoms with E-state index in [4.69, 9.17) is 10.8 Å². The average Bonchev–Trinajstić information content (AvgIpc) is 3.53. The molecule has 0 radical (unpaired) electrons. The molecule has 0 aliphatic heterocycles. The summed E-state index contributed by atoms with van der Waals surface area (Å²) in [5.74, 6) is -3.98. The van der Waals surface area contributed by atoms with Gasteiger partial charge in [0.1, 0.15) is 12.1 Å². The maximum absolute atomic E-state index is 13.9. The molecule has 4 atom stereocenters. The Labute approximate surface area is 329 Å². The summed E-state index contributed by atoms with van der Waals surface area (Å²) in [6.45, 7) is 8.58. The molecule has 1 aromatic heterocycles. The van der Waals surface area contributed by atoms with Gasteiger partial charge in [0.05, 0.1) is 6.04 Å². The number of aliphatic carboxylic acids is 2. The van der Waals surface area contributed by atoms with Crippen molar-refractivity contribution in [2.75, 3.05) is 45.8 Å². The first kappa shape index (κ1) is 47.6. The number of hydrogen-bond acceptors (Lipinski definition) is 10. The minimum Gasteiger partial charge on any atom is -0.481 e. The van der Waals surface area contributed by atoms with E-state index < -0.39 is 41.9 Å². The van der Waals surface area contributed by atoms with Crippen molar-refractivity contribution in [1.29, 1.82) is 0 Å². The van der Waals surface area contributed by atoms with E-state index >= 15 is 0 Å². The molecule has 0 saturated heterocycles. The zero-order valence-corrected chi connectivity index (χ0v) is 33.3. The van der Waals surface area contributed by atoms with Gasteiger partial charge in [-0.3, -0.25) is 24.0 Å². The lowest BCUT2D eigenvalue weighted by Gasteiger charge is -2.24. The molecule has 0 fully saturated rings. The van der Waals surface area contributed by atoms with Crippen LogP contribution in [0.25, 0.3) is 10.9 Å². The lowest BCUT2D eigenvalue weighted by atomic mass is 10.0. The van der Waals surface area contributed by atoms with Gasteiger partial charge in [-0.25, -0.2) is 4.79 Å². The summed E-state index contributed by atoms with van der Waals surface area (Å²) in [5.41, 5.74) is 9.06. The van der Waals surface area contributed by atoms with Crippen molar-refractivity contribution in [3.8, 4) is 0 Å². The number of fused-ring (bicyclic) bond motifs is 1. The number of unbranched alkanes of at least 4 members (excludes halogenated alkanes) is 3. The van der Waals surface area contributed by atoms with Crippen molar-refractivity contribution in [3.63, 3.8) is 0 Å². The first-order valence-corrected chi connectivity index (χ1v) is 19.8. The predicted molar refractivity (Wildman–Crippen MR) is 215 cm³/mol. The van der Waals surface area contributed by atoms with Crippen molar-refractivity contribution in [2.24, 2.45) is 5.73 Å². The van der Waals surface area contributed by atoms with Crippen LogP contribution >= 0.6 is 0 Å². The number of carboxylic acid groups (broad SMARTS) is 2. The number of aromatic amines is 1. The van der Waals surface area contributed by atoms with E-state index in [-0.39, 0.29) is 56.5 Å². The highest BCUT2D eigenvalue weighted by molar-refractivity contribution is 5.91. The highest BCUT2D eigenvalue weighted by Crippen LogP contribution is 2.21. The molecule has 4 unspecified atom stereocenters. The first-order chi connectivity index (χ1) is 26.8. The minimum absolute atomic E-state index is 0.001000. The molecular formula is C39H65N9O8. The highest BCUT2D eigenvalue weighted by atomic mass is 16.4. The van der Waals surface area contributed by atoms with E-state index in [1.807, 2.05) is 25.1 Å². The molecular weight excluding hydrogens is 722 g/mol. The van der Waals surface area contributed by atoms with E-state index in [2.05, 4.69) is 49.1 Å². The van der Waals surface area contributed by atoms with Crippen LogP contribution in [0.4, 0.5) is 0 Å². The van der Waals surface area contributed by atoms with Gasteiger partial charge in [0.2, 0.25) is 23.6 Å². The van der Waals surface area contributed by atoms with Crippen molar-refractivity contribution >= 4 is 46.5 Å². The van der Waals surface area contributed by atoms with E-state index in [1.165, 1.54) is 13.3 Å². The van der Waals surface area contributed by atoms with Crippen molar-refractivity contribution in [3.05, 3.63) is 35.5 Å². The number of rotatable bonds is 31. The van der Waals surface area contributed by atoms with Crippen molar-refractivity contribution in [1.82, 2.24) is 42.2 Å². The summed E-state index contributed by atoms with van der Waals surface area (Å²) in [6.07, 6.45) is 7.38. The molecule has 0 spiro atoms. The molecule has 0 aliphatic carbocycles. The fraction of sp³-hybridized carbons (Fsp3) is 0.641. The number of amides is 4. The van der Waals surface area contributed by atoms with Crippen molar-refractivity contribution in [2.45, 2.75) is 116 Å². The number of carbonyl (C=O) groups is 6. The number of benzene rings is 1. The quantitative estimate of drug-likeness (QED) is 0.0474. The van der Waals surface area contributed by atoms with E-state index in [0.29, 0.717) is 45.7 Å². The van der Waals surface area contributed by atoms with Crippen LogP contribution in [-0.2, 0) is 35.2 Å². The largest absolute Gasteiger partial charge is 0.481 e. The smallest absolute Gasteiger partial charge is 0.326 e. The summed E-state index contributed by atoms with van der Waals surface area (Å²) >= 11 is 0. The molecule has 1 aromatic carbocycles. The summed E-state index contributed by atoms with van der Waals surface area (Å²) in [6, 6.07) is 2.89. The zero-order chi connectivity index (χ0) is 41.3. The topological polar surface area (TPSA) is 269 Å². The van der Waals surface area contributed by atoms with Gasteiger partial charge >= 0.3 is 11.9 Å². The predicted octanol–water partition coefficient (Wildman–Crippen LogP) is 0.796. The summed E-state index contributed by atoms with van der Waals surface area (Å²) in [4.78, 5) is 77.0. The van der Waals surface area contributed by atoms with Crippen LogP contribution in [0.2, 0.25) is 0 Å². The summed E-state index contributed by atoms with van der Waals surface area (Å²) in [7, 11) is 0. The molecule has 2 rings (SSSR count). The lowest BCUT2D eigenvalue weighted by Crippen LogP contribution is -2.55. The second-order valence-electron chi connectivity index (χ2n) is 14.3. The Bertz CT molecular complexity index is 1530. The monoisotopic (exact) mass is 787 g/mol. The fourth-order valence-corrected chi connectivity index (χ4v) is 6.14. The van der Waals surface area contributed by atoms with Gasteiger partial charge in [-0.05, 0) is 56.3 Å². The molecule has 2 aromatic rings. The van der Waals surface area contributed by atoms with Gasteiger partial charge in [-0.1, -0.05) is 44.7 Å². The Morgan fingerprint density at radius 3 is 2.23 bits per heavy atom. The van der Waals surface area contributed by atoms with Crippen molar-refractivity contribution < 1.29 is 39.0 Å². The van der Waals surface area contributed by atoms with Crippen LogP contribution in [0.5, 0.6) is 0 Å². The number of carboxylic acids is 2. The molecule has 17 nitrogen and oxygen atoms in total.